The Bertz CT molecular complexity index is 212. The first kappa shape index (κ1) is 7.29. The number of carbonyl (C=O) groups excluding carboxylic acids is 1. The van der Waals surface area contributed by atoms with Crippen molar-refractivity contribution in [3.05, 3.63) is 0 Å². The fraction of sp³-hybridized carbons (Fsp3) is 0.889. The van der Waals surface area contributed by atoms with E-state index < -0.39 is 5.60 Å². The largest absolute Gasteiger partial charge is 0.382 e. The van der Waals surface area contributed by atoms with Gasteiger partial charge in [0, 0.05) is 11.8 Å². The maximum atomic E-state index is 11.3. The molecule has 2 aliphatic rings. The van der Waals surface area contributed by atoms with E-state index in [-0.39, 0.29) is 11.2 Å². The molecule has 11 heavy (non-hydrogen) atoms. The van der Waals surface area contributed by atoms with Gasteiger partial charge in [-0.3, -0.25) is 4.79 Å². The van der Waals surface area contributed by atoms with Crippen molar-refractivity contribution in [3.8, 4) is 0 Å². The quantitative estimate of drug-likeness (QED) is 0.570. The number of fused-ring (bicyclic) bond motifs is 1. The lowest BCUT2D eigenvalue weighted by atomic mass is 9.79. The van der Waals surface area contributed by atoms with Crippen LogP contribution in [0, 0.1) is 5.41 Å². The third-order valence-corrected chi connectivity index (χ3v) is 3.63. The predicted molar refractivity (Wildman–Crippen MR) is 41.1 cm³/mol. The van der Waals surface area contributed by atoms with E-state index >= 15 is 0 Å². The van der Waals surface area contributed by atoms with Gasteiger partial charge < -0.3 is 5.11 Å². The molecule has 2 aliphatic carbocycles. The van der Waals surface area contributed by atoms with Crippen molar-refractivity contribution in [1.82, 2.24) is 0 Å². The SMILES string of the molecule is C[C@]12CCC[C@@]1(O)C(=O)CC2. The second-order valence-corrected chi connectivity index (χ2v) is 4.20. The summed E-state index contributed by atoms with van der Waals surface area (Å²) in [6, 6.07) is 0. The van der Waals surface area contributed by atoms with Crippen LogP contribution in [0.1, 0.15) is 39.0 Å². The topological polar surface area (TPSA) is 37.3 Å². The van der Waals surface area contributed by atoms with Crippen LogP contribution in [0.5, 0.6) is 0 Å². The Hall–Kier alpha value is -0.370. The van der Waals surface area contributed by atoms with Gasteiger partial charge in [0.25, 0.3) is 0 Å². The molecule has 0 saturated heterocycles. The van der Waals surface area contributed by atoms with Crippen molar-refractivity contribution in [2.45, 2.75) is 44.6 Å². The third kappa shape index (κ3) is 0.684. The second-order valence-electron chi connectivity index (χ2n) is 4.20. The Kier molecular flexibility index (Phi) is 1.23. The molecule has 0 aliphatic heterocycles. The van der Waals surface area contributed by atoms with E-state index in [0.29, 0.717) is 12.8 Å². The van der Waals surface area contributed by atoms with Gasteiger partial charge in [-0.1, -0.05) is 6.92 Å². The van der Waals surface area contributed by atoms with Crippen molar-refractivity contribution < 1.29 is 9.90 Å². The van der Waals surface area contributed by atoms with Crippen LogP contribution >= 0.6 is 0 Å². The number of hydrogen-bond donors (Lipinski definition) is 1. The number of ketones is 1. The first-order chi connectivity index (χ1) is 5.08. The highest BCUT2D eigenvalue weighted by Crippen LogP contribution is 2.54. The molecular formula is C9H14O2. The van der Waals surface area contributed by atoms with Crippen molar-refractivity contribution in [2.75, 3.05) is 0 Å². The summed E-state index contributed by atoms with van der Waals surface area (Å²) in [5.41, 5.74) is -1.02. The molecule has 2 fully saturated rings. The van der Waals surface area contributed by atoms with E-state index in [1.807, 2.05) is 6.92 Å². The van der Waals surface area contributed by atoms with E-state index in [4.69, 9.17) is 0 Å². The lowest BCUT2D eigenvalue weighted by Gasteiger charge is -2.30. The molecule has 0 amide bonds. The van der Waals surface area contributed by atoms with Crippen LogP contribution < -0.4 is 0 Å². The summed E-state index contributed by atoms with van der Waals surface area (Å²) in [5, 5.41) is 10.0. The highest BCUT2D eigenvalue weighted by atomic mass is 16.3. The lowest BCUT2D eigenvalue weighted by Crippen LogP contribution is -2.42. The second kappa shape index (κ2) is 1.86. The molecule has 2 heteroatoms. The maximum absolute atomic E-state index is 11.3. The van der Waals surface area contributed by atoms with Gasteiger partial charge in [-0.05, 0) is 25.7 Å². The van der Waals surface area contributed by atoms with Crippen molar-refractivity contribution in [2.24, 2.45) is 5.41 Å². The Morgan fingerprint density at radius 2 is 2.09 bits per heavy atom. The Balaban J connectivity index is 2.41. The highest BCUT2D eigenvalue weighted by molar-refractivity contribution is 5.90. The molecule has 0 aromatic carbocycles. The summed E-state index contributed by atoms with van der Waals surface area (Å²) in [4.78, 5) is 11.3. The van der Waals surface area contributed by atoms with Crippen LogP contribution in [-0.2, 0) is 4.79 Å². The monoisotopic (exact) mass is 154 g/mol. The van der Waals surface area contributed by atoms with Crippen molar-refractivity contribution >= 4 is 5.78 Å². The number of aliphatic hydroxyl groups is 1. The molecule has 0 aromatic rings. The number of hydrogen-bond acceptors (Lipinski definition) is 2. The first-order valence-corrected chi connectivity index (χ1v) is 4.34. The van der Waals surface area contributed by atoms with Crippen LogP contribution in [-0.4, -0.2) is 16.5 Å². The standard InChI is InChI=1S/C9H14O2/c1-8-4-2-5-9(8,11)7(10)3-6-8/h11H,2-6H2,1H3/t8-,9-/m1/s1. The smallest absolute Gasteiger partial charge is 0.164 e. The van der Waals surface area contributed by atoms with E-state index in [0.717, 1.165) is 19.3 Å². The molecule has 0 spiro atoms. The molecule has 2 atom stereocenters. The van der Waals surface area contributed by atoms with E-state index in [9.17, 15) is 9.90 Å². The van der Waals surface area contributed by atoms with Gasteiger partial charge in [-0.25, -0.2) is 0 Å². The minimum atomic E-state index is -0.938. The van der Waals surface area contributed by atoms with Gasteiger partial charge in [-0.2, -0.15) is 0 Å². The molecule has 2 nitrogen and oxygen atoms in total. The minimum Gasteiger partial charge on any atom is -0.382 e. The molecule has 0 unspecified atom stereocenters. The van der Waals surface area contributed by atoms with Gasteiger partial charge in [0.05, 0.1) is 0 Å². The van der Waals surface area contributed by atoms with Crippen molar-refractivity contribution in [3.63, 3.8) is 0 Å². The Morgan fingerprint density at radius 1 is 1.36 bits per heavy atom. The van der Waals surface area contributed by atoms with Gasteiger partial charge in [0.1, 0.15) is 5.60 Å². The summed E-state index contributed by atoms with van der Waals surface area (Å²) >= 11 is 0. The van der Waals surface area contributed by atoms with Crippen LogP contribution in [0.15, 0.2) is 0 Å². The Morgan fingerprint density at radius 3 is 2.73 bits per heavy atom. The lowest BCUT2D eigenvalue weighted by molar-refractivity contribution is -0.139. The van der Waals surface area contributed by atoms with E-state index in [2.05, 4.69) is 0 Å². The van der Waals surface area contributed by atoms with E-state index in [1.54, 1.807) is 0 Å². The number of carbonyl (C=O) groups is 1. The Labute approximate surface area is 66.6 Å². The molecule has 62 valence electrons. The number of Topliss-reactive ketones (excluding diaryl/α,β-unsaturated/α-hetero) is 1. The van der Waals surface area contributed by atoms with Gasteiger partial charge in [0.15, 0.2) is 5.78 Å². The highest BCUT2D eigenvalue weighted by Gasteiger charge is 2.59. The molecule has 2 rings (SSSR count). The summed E-state index contributed by atoms with van der Waals surface area (Å²) in [7, 11) is 0. The van der Waals surface area contributed by atoms with Gasteiger partial charge in [-0.15, -0.1) is 0 Å². The molecule has 0 aromatic heterocycles. The molecule has 2 saturated carbocycles. The first-order valence-electron chi connectivity index (χ1n) is 4.34. The van der Waals surface area contributed by atoms with Crippen LogP contribution in [0.4, 0.5) is 0 Å². The summed E-state index contributed by atoms with van der Waals surface area (Å²) in [5.74, 6) is 0.0810. The van der Waals surface area contributed by atoms with Crippen LogP contribution in [0.3, 0.4) is 0 Å². The number of rotatable bonds is 0. The minimum absolute atomic E-state index is 0.0793. The van der Waals surface area contributed by atoms with Gasteiger partial charge >= 0.3 is 0 Å². The van der Waals surface area contributed by atoms with Crippen LogP contribution in [0.25, 0.3) is 0 Å². The van der Waals surface area contributed by atoms with Crippen molar-refractivity contribution in [1.29, 1.82) is 0 Å². The van der Waals surface area contributed by atoms with E-state index in [1.165, 1.54) is 0 Å². The van der Waals surface area contributed by atoms with Crippen LogP contribution in [0.2, 0.25) is 0 Å². The molecule has 0 bridgehead atoms. The predicted octanol–water partition coefficient (Wildman–Crippen LogP) is 1.27. The average Bonchev–Trinajstić information content (AvgIpc) is 2.34. The molecule has 0 radical (unpaired) electrons. The fourth-order valence-electron chi connectivity index (χ4n) is 2.65. The zero-order valence-electron chi connectivity index (χ0n) is 6.89. The maximum Gasteiger partial charge on any atom is 0.164 e. The summed E-state index contributed by atoms with van der Waals surface area (Å²) in [6.07, 6.45) is 4.21. The zero-order valence-corrected chi connectivity index (χ0v) is 6.89. The zero-order chi connectivity index (χ0) is 8.11. The van der Waals surface area contributed by atoms with Gasteiger partial charge in [0.2, 0.25) is 0 Å². The summed E-state index contributed by atoms with van der Waals surface area (Å²) in [6.45, 7) is 2.05. The molecule has 0 heterocycles. The molecular weight excluding hydrogens is 140 g/mol. The third-order valence-electron chi connectivity index (χ3n) is 3.63. The average molecular weight is 154 g/mol. The normalized spacial score (nSPS) is 49.8. The fourth-order valence-corrected chi connectivity index (χ4v) is 2.65. The molecule has 1 N–H and O–H groups in total. The summed E-state index contributed by atoms with van der Waals surface area (Å²) < 4.78 is 0.